The molecule has 94 valence electrons. The summed E-state index contributed by atoms with van der Waals surface area (Å²) in [5, 5.41) is 0. The van der Waals surface area contributed by atoms with Gasteiger partial charge in [0, 0.05) is 0 Å². The third-order valence-electron chi connectivity index (χ3n) is 3.19. The van der Waals surface area contributed by atoms with Crippen molar-refractivity contribution >= 4 is 0 Å². The summed E-state index contributed by atoms with van der Waals surface area (Å²) in [4.78, 5) is 0. The maximum Gasteiger partial charge on any atom is 0.402 e. The van der Waals surface area contributed by atoms with Gasteiger partial charge in [0.25, 0.3) is 0 Å². The Balaban J connectivity index is 2.42. The second-order valence-electron chi connectivity index (χ2n) is 4.26. The van der Waals surface area contributed by atoms with E-state index in [1.807, 2.05) is 0 Å². The molecule has 0 aromatic heterocycles. The van der Waals surface area contributed by atoms with Gasteiger partial charge in [0.2, 0.25) is 0 Å². The highest BCUT2D eigenvalue weighted by molar-refractivity contribution is 5.41. The molecule has 0 bridgehead atoms. The Morgan fingerprint density at radius 1 is 1.29 bits per heavy atom. The van der Waals surface area contributed by atoms with E-state index in [-0.39, 0.29) is 18.8 Å². The van der Waals surface area contributed by atoms with Crippen LogP contribution in [0, 0.1) is 6.92 Å². The third kappa shape index (κ3) is 1.78. The molecule has 17 heavy (non-hydrogen) atoms. The van der Waals surface area contributed by atoms with Crippen molar-refractivity contribution in [3.8, 4) is 5.75 Å². The van der Waals surface area contributed by atoms with Crippen LogP contribution in [0.15, 0.2) is 18.2 Å². The predicted molar refractivity (Wildman–Crippen MR) is 56.3 cm³/mol. The second kappa shape index (κ2) is 3.91. The number of halogens is 3. The van der Waals surface area contributed by atoms with Gasteiger partial charge in [-0.3, -0.25) is 0 Å². The Morgan fingerprint density at radius 2 is 1.94 bits per heavy atom. The van der Waals surface area contributed by atoms with Crippen LogP contribution in [0.3, 0.4) is 0 Å². The fraction of sp³-hybridized carbons (Fsp3) is 0.500. The average Bonchev–Trinajstić information content (AvgIpc) is 2.13. The molecule has 1 fully saturated rings. The van der Waals surface area contributed by atoms with Crippen LogP contribution in [0.4, 0.5) is 13.2 Å². The minimum atomic E-state index is -4.29. The van der Waals surface area contributed by atoms with Gasteiger partial charge in [0.15, 0.2) is 0 Å². The number of aryl methyl sites for hydroxylation is 1. The van der Waals surface area contributed by atoms with Crippen molar-refractivity contribution in [2.75, 3.05) is 20.3 Å². The van der Waals surface area contributed by atoms with E-state index in [1.54, 1.807) is 13.0 Å². The molecule has 1 heterocycles. The van der Waals surface area contributed by atoms with Crippen molar-refractivity contribution in [2.24, 2.45) is 0 Å². The van der Waals surface area contributed by atoms with Crippen molar-refractivity contribution in [1.82, 2.24) is 0 Å². The quantitative estimate of drug-likeness (QED) is 0.798. The molecule has 1 aliphatic rings. The molecular formula is C12H13F3O2. The van der Waals surface area contributed by atoms with Crippen molar-refractivity contribution in [3.05, 3.63) is 29.3 Å². The van der Waals surface area contributed by atoms with Crippen LogP contribution in [-0.4, -0.2) is 26.5 Å². The van der Waals surface area contributed by atoms with Crippen LogP contribution in [0.2, 0.25) is 0 Å². The van der Waals surface area contributed by atoms with E-state index in [4.69, 9.17) is 9.47 Å². The largest absolute Gasteiger partial charge is 0.496 e. The lowest BCUT2D eigenvalue weighted by molar-refractivity contribution is -0.262. The van der Waals surface area contributed by atoms with E-state index >= 15 is 0 Å². The molecule has 1 aromatic carbocycles. The Kier molecular flexibility index (Phi) is 2.81. The van der Waals surface area contributed by atoms with Gasteiger partial charge >= 0.3 is 6.18 Å². The molecule has 0 N–H and O–H groups in total. The van der Waals surface area contributed by atoms with Crippen molar-refractivity contribution in [1.29, 1.82) is 0 Å². The summed E-state index contributed by atoms with van der Waals surface area (Å²) in [6.07, 6.45) is -4.29. The summed E-state index contributed by atoms with van der Waals surface area (Å²) in [5.74, 6) is 0.589. The number of methoxy groups -OCH3 is 1. The van der Waals surface area contributed by atoms with Crippen LogP contribution < -0.4 is 4.74 Å². The van der Waals surface area contributed by atoms with E-state index in [0.29, 0.717) is 11.3 Å². The number of hydrogen-bond donors (Lipinski definition) is 0. The summed E-state index contributed by atoms with van der Waals surface area (Å²) in [7, 11) is 1.49. The molecule has 0 aliphatic carbocycles. The number of ether oxygens (including phenoxy) is 2. The molecule has 0 amide bonds. The fourth-order valence-corrected chi connectivity index (χ4v) is 1.98. The van der Waals surface area contributed by atoms with Gasteiger partial charge in [-0.1, -0.05) is 12.1 Å². The van der Waals surface area contributed by atoms with E-state index in [0.717, 1.165) is 0 Å². The molecule has 0 spiro atoms. The van der Waals surface area contributed by atoms with Gasteiger partial charge in [-0.2, -0.15) is 13.2 Å². The topological polar surface area (TPSA) is 18.5 Å². The molecule has 1 aliphatic heterocycles. The first-order valence-electron chi connectivity index (χ1n) is 5.20. The third-order valence-corrected chi connectivity index (χ3v) is 3.19. The first-order valence-corrected chi connectivity index (χ1v) is 5.20. The van der Waals surface area contributed by atoms with E-state index in [9.17, 15) is 13.2 Å². The minimum Gasteiger partial charge on any atom is -0.496 e. The van der Waals surface area contributed by atoms with Crippen molar-refractivity contribution in [2.45, 2.75) is 18.5 Å². The molecular weight excluding hydrogens is 233 g/mol. The number of hydrogen-bond acceptors (Lipinski definition) is 2. The molecule has 2 nitrogen and oxygen atoms in total. The van der Waals surface area contributed by atoms with Crippen LogP contribution >= 0.6 is 0 Å². The number of alkyl halides is 3. The lowest BCUT2D eigenvalue weighted by Gasteiger charge is -2.43. The van der Waals surface area contributed by atoms with Crippen molar-refractivity contribution < 1.29 is 22.6 Å². The average molecular weight is 246 g/mol. The zero-order valence-corrected chi connectivity index (χ0v) is 9.60. The van der Waals surface area contributed by atoms with Gasteiger partial charge in [0.1, 0.15) is 11.2 Å². The van der Waals surface area contributed by atoms with Crippen molar-refractivity contribution in [3.63, 3.8) is 0 Å². The Hall–Kier alpha value is -1.23. The zero-order chi connectivity index (χ0) is 12.7. The Labute approximate surface area is 97.3 Å². The normalized spacial score (nSPS) is 18.6. The highest BCUT2D eigenvalue weighted by atomic mass is 19.4. The van der Waals surface area contributed by atoms with Crippen LogP contribution in [0.25, 0.3) is 0 Å². The molecule has 5 heteroatoms. The van der Waals surface area contributed by atoms with Crippen LogP contribution in [0.1, 0.15) is 11.1 Å². The Morgan fingerprint density at radius 3 is 2.29 bits per heavy atom. The number of benzene rings is 1. The Bertz CT molecular complexity index is 422. The number of rotatable bonds is 2. The van der Waals surface area contributed by atoms with Gasteiger partial charge in [-0.15, -0.1) is 0 Å². The maximum absolute atomic E-state index is 13.0. The van der Waals surface area contributed by atoms with Gasteiger partial charge < -0.3 is 9.47 Å². The van der Waals surface area contributed by atoms with Gasteiger partial charge in [-0.25, -0.2) is 0 Å². The summed E-state index contributed by atoms with van der Waals surface area (Å²) >= 11 is 0. The molecule has 0 radical (unpaired) electrons. The smallest absolute Gasteiger partial charge is 0.402 e. The predicted octanol–water partition coefficient (Wildman–Crippen LogP) is 2.83. The standard InChI is InChI=1S/C12H13F3O2/c1-8-5-9(3-4-10(8)16-2)11(6-17-7-11)12(13,14)15/h3-5H,6-7H2,1-2H3. The maximum atomic E-state index is 13.0. The first kappa shape index (κ1) is 12.2. The summed E-state index contributed by atoms with van der Waals surface area (Å²) in [5.41, 5.74) is -0.903. The lowest BCUT2D eigenvalue weighted by atomic mass is 9.77. The molecule has 2 rings (SSSR count). The SMILES string of the molecule is COc1ccc(C2(C(F)(F)F)COC2)cc1C. The highest BCUT2D eigenvalue weighted by Crippen LogP contribution is 2.47. The van der Waals surface area contributed by atoms with E-state index in [2.05, 4.69) is 0 Å². The highest BCUT2D eigenvalue weighted by Gasteiger charge is 2.61. The molecule has 0 atom stereocenters. The van der Waals surface area contributed by atoms with Gasteiger partial charge in [0.05, 0.1) is 20.3 Å². The van der Waals surface area contributed by atoms with E-state index in [1.165, 1.54) is 19.2 Å². The summed E-state index contributed by atoms with van der Waals surface area (Å²) in [6, 6.07) is 4.55. The summed E-state index contributed by atoms with van der Waals surface area (Å²) in [6.45, 7) is 1.12. The molecule has 0 saturated carbocycles. The van der Waals surface area contributed by atoms with Crippen LogP contribution in [-0.2, 0) is 10.2 Å². The lowest BCUT2D eigenvalue weighted by Crippen LogP contribution is -2.57. The molecule has 1 saturated heterocycles. The molecule has 1 aromatic rings. The zero-order valence-electron chi connectivity index (χ0n) is 9.60. The second-order valence-corrected chi connectivity index (χ2v) is 4.26. The monoisotopic (exact) mass is 246 g/mol. The van der Waals surface area contributed by atoms with Crippen LogP contribution in [0.5, 0.6) is 5.75 Å². The summed E-state index contributed by atoms with van der Waals surface area (Å²) < 4.78 is 48.9. The van der Waals surface area contributed by atoms with Gasteiger partial charge in [-0.05, 0) is 24.1 Å². The fourth-order valence-electron chi connectivity index (χ4n) is 1.98. The first-order chi connectivity index (χ1) is 7.90. The minimum absolute atomic E-state index is 0.245. The molecule has 0 unspecified atom stereocenters. The van der Waals surface area contributed by atoms with E-state index < -0.39 is 11.6 Å².